The number of carboxylic acid groups (broad SMARTS) is 2. The summed E-state index contributed by atoms with van der Waals surface area (Å²) in [5.74, 6) is -3.65. The molecule has 0 unspecified atom stereocenters. The van der Waals surface area contributed by atoms with Crippen molar-refractivity contribution in [1.82, 2.24) is 0 Å². The van der Waals surface area contributed by atoms with Gasteiger partial charge in [0.2, 0.25) is 0 Å². The Balaban J connectivity index is -0.0000000417. The van der Waals surface area contributed by atoms with Crippen molar-refractivity contribution < 1.29 is 22.7 Å². The van der Waals surface area contributed by atoms with Crippen molar-refractivity contribution in [2.24, 2.45) is 0 Å². The van der Waals surface area contributed by atoms with E-state index in [4.69, 9.17) is 19.8 Å². The van der Waals surface area contributed by atoms with Gasteiger partial charge in [0.25, 0.3) is 0 Å². The van der Waals surface area contributed by atoms with Crippen molar-refractivity contribution >= 4 is 35.0 Å². The molecule has 5 heteroatoms. The normalized spacial score (nSPS) is 6.29. The molecule has 0 amide bonds. The van der Waals surface area contributed by atoms with Crippen LogP contribution in [0.25, 0.3) is 0 Å². The number of hydrogen-bond donors (Lipinski definition) is 2. The van der Waals surface area contributed by atoms with Crippen LogP contribution in [0.2, 0.25) is 0 Å². The molecule has 0 atom stereocenters. The number of hydrogen-bond acceptors (Lipinski definition) is 2. The quantitative estimate of drug-likeness (QED) is 0.314. The predicted molar refractivity (Wildman–Crippen MR) is 23.2 cm³/mol. The van der Waals surface area contributed by atoms with E-state index in [9.17, 15) is 0 Å². The van der Waals surface area contributed by atoms with Crippen LogP contribution in [0.1, 0.15) is 2.85 Å². The van der Waals surface area contributed by atoms with Crippen LogP contribution in [0, 0.1) is 0 Å². The summed E-state index contributed by atoms with van der Waals surface area (Å²) in [6.45, 7) is 0. The summed E-state index contributed by atoms with van der Waals surface area (Å²) in [7, 11) is 0. The third-order valence-corrected chi connectivity index (χ3v) is 0.183. The molecule has 0 bridgehead atoms. The molecule has 0 fully saturated rings. The predicted octanol–water partition coefficient (Wildman–Crippen LogP) is -1.00. The van der Waals surface area contributed by atoms with Gasteiger partial charge in [-0.3, -0.25) is 0 Å². The third-order valence-electron chi connectivity index (χ3n) is 0.183. The maximum atomic E-state index is 9.10. The van der Waals surface area contributed by atoms with Crippen molar-refractivity contribution in [2.75, 3.05) is 0 Å². The Bertz CT molecular complexity index is 82.6. The summed E-state index contributed by atoms with van der Waals surface area (Å²) >= 11 is 0. The SMILES string of the molecule is O=C(O)C(=O)O.[H-].[H-].[Mg+2]. The van der Waals surface area contributed by atoms with Crippen molar-refractivity contribution in [1.29, 1.82) is 0 Å². The molecule has 0 aromatic heterocycles. The Kier molecular flexibility index (Phi) is 5.47. The maximum Gasteiger partial charge on any atom is 2.00 e. The smallest absolute Gasteiger partial charge is 1.00 e. The topological polar surface area (TPSA) is 74.6 Å². The number of rotatable bonds is 0. The molecule has 0 spiro atoms. The average Bonchev–Trinajstić information content (AvgIpc) is 1.36. The van der Waals surface area contributed by atoms with Crippen molar-refractivity contribution in [2.45, 2.75) is 0 Å². The fraction of sp³-hybridized carbons (Fsp3) is 0. The fourth-order valence-electron chi connectivity index (χ4n) is 0. The van der Waals surface area contributed by atoms with E-state index in [2.05, 4.69) is 0 Å². The van der Waals surface area contributed by atoms with Crippen LogP contribution in [0.3, 0.4) is 0 Å². The second-order valence-electron chi connectivity index (χ2n) is 0.610. The summed E-state index contributed by atoms with van der Waals surface area (Å²) in [5, 5.41) is 14.8. The first-order valence-electron chi connectivity index (χ1n) is 1.11. The summed E-state index contributed by atoms with van der Waals surface area (Å²) < 4.78 is 0. The van der Waals surface area contributed by atoms with E-state index in [0.29, 0.717) is 0 Å². The Morgan fingerprint density at radius 2 is 1.29 bits per heavy atom. The van der Waals surface area contributed by atoms with Gasteiger partial charge in [0.05, 0.1) is 0 Å². The van der Waals surface area contributed by atoms with Crippen LogP contribution in [0.5, 0.6) is 0 Å². The number of carbonyl (C=O) groups is 2. The largest absolute Gasteiger partial charge is 2.00 e. The van der Waals surface area contributed by atoms with Crippen molar-refractivity contribution in [3.63, 3.8) is 0 Å². The van der Waals surface area contributed by atoms with E-state index in [1.54, 1.807) is 0 Å². The molecule has 0 aliphatic rings. The van der Waals surface area contributed by atoms with Crippen molar-refractivity contribution in [3.05, 3.63) is 0 Å². The Morgan fingerprint density at radius 1 is 1.14 bits per heavy atom. The molecule has 7 heavy (non-hydrogen) atoms. The first kappa shape index (κ1) is 9.86. The van der Waals surface area contributed by atoms with Gasteiger partial charge < -0.3 is 13.1 Å². The Morgan fingerprint density at radius 3 is 1.29 bits per heavy atom. The van der Waals surface area contributed by atoms with E-state index in [1.165, 1.54) is 0 Å². The molecule has 0 aliphatic heterocycles. The summed E-state index contributed by atoms with van der Waals surface area (Å²) in [6.07, 6.45) is 0. The fourth-order valence-corrected chi connectivity index (χ4v) is 0. The second kappa shape index (κ2) is 3.88. The van der Waals surface area contributed by atoms with E-state index in [0.717, 1.165) is 0 Å². The molecule has 0 aromatic rings. The molecule has 0 heterocycles. The van der Waals surface area contributed by atoms with Gasteiger partial charge in [-0.1, -0.05) is 0 Å². The van der Waals surface area contributed by atoms with Crippen LogP contribution in [0.15, 0.2) is 0 Å². The van der Waals surface area contributed by atoms with Crippen LogP contribution in [-0.2, 0) is 9.59 Å². The maximum absolute atomic E-state index is 9.10. The minimum absolute atomic E-state index is 0. The van der Waals surface area contributed by atoms with Gasteiger partial charge in [0.15, 0.2) is 0 Å². The zero-order valence-corrected chi connectivity index (χ0v) is 4.83. The summed E-state index contributed by atoms with van der Waals surface area (Å²) in [5.41, 5.74) is 0. The summed E-state index contributed by atoms with van der Waals surface area (Å²) in [6, 6.07) is 0. The minimum Gasteiger partial charge on any atom is -1.00 e. The standard InChI is InChI=1S/C2H2O4.Mg.2H/c3-1(4)2(5)6;;;/h(H,3,4)(H,5,6);;;/q;+2;2*-1. The van der Waals surface area contributed by atoms with Gasteiger partial charge in [0, 0.05) is 0 Å². The van der Waals surface area contributed by atoms with E-state index < -0.39 is 11.9 Å². The van der Waals surface area contributed by atoms with E-state index >= 15 is 0 Å². The van der Waals surface area contributed by atoms with Crippen LogP contribution < -0.4 is 0 Å². The van der Waals surface area contributed by atoms with Gasteiger partial charge in [-0.25, -0.2) is 9.59 Å². The van der Waals surface area contributed by atoms with Crippen LogP contribution in [-0.4, -0.2) is 45.2 Å². The summed E-state index contributed by atoms with van der Waals surface area (Å²) in [4.78, 5) is 18.2. The zero-order valence-electron chi connectivity index (χ0n) is 5.42. The van der Waals surface area contributed by atoms with Gasteiger partial charge >= 0.3 is 35.0 Å². The first-order chi connectivity index (χ1) is 2.64. The molecule has 0 radical (unpaired) electrons. The molecule has 0 aliphatic carbocycles. The molecular weight excluding hydrogens is 112 g/mol. The molecule has 4 nitrogen and oxygen atoms in total. The van der Waals surface area contributed by atoms with Gasteiger partial charge in [-0.05, 0) is 0 Å². The first-order valence-corrected chi connectivity index (χ1v) is 1.11. The van der Waals surface area contributed by atoms with Crippen LogP contribution >= 0.6 is 0 Å². The zero-order chi connectivity index (χ0) is 5.15. The monoisotopic (exact) mass is 116 g/mol. The molecule has 38 valence electrons. The Hall–Kier alpha value is -0.294. The van der Waals surface area contributed by atoms with Gasteiger partial charge in [-0.2, -0.15) is 0 Å². The molecule has 2 N–H and O–H groups in total. The molecule has 0 rings (SSSR count). The molecule has 0 aromatic carbocycles. The number of carboxylic acids is 2. The number of aliphatic carboxylic acids is 2. The minimum atomic E-state index is -1.82. The molecule has 0 saturated heterocycles. The van der Waals surface area contributed by atoms with E-state index in [-0.39, 0.29) is 25.9 Å². The molecule has 0 saturated carbocycles. The Labute approximate surface area is 58.3 Å². The van der Waals surface area contributed by atoms with Crippen molar-refractivity contribution in [3.8, 4) is 0 Å². The van der Waals surface area contributed by atoms with Gasteiger partial charge in [0.1, 0.15) is 0 Å². The van der Waals surface area contributed by atoms with Gasteiger partial charge in [-0.15, -0.1) is 0 Å². The third kappa shape index (κ3) is 5.71. The van der Waals surface area contributed by atoms with E-state index in [1.807, 2.05) is 0 Å². The average molecular weight is 116 g/mol. The molecular formula is C2H4MgO4. The van der Waals surface area contributed by atoms with Crippen LogP contribution in [0.4, 0.5) is 0 Å². The second-order valence-corrected chi connectivity index (χ2v) is 0.610.